The maximum atomic E-state index is 11.4. The van der Waals surface area contributed by atoms with Gasteiger partial charge in [0, 0.05) is 19.1 Å². The van der Waals surface area contributed by atoms with Crippen LogP contribution >= 0.6 is 0 Å². The molecule has 0 fully saturated rings. The Labute approximate surface area is 90.0 Å². The molecule has 1 rings (SSSR count). The predicted octanol–water partition coefficient (Wildman–Crippen LogP) is 2.30. The van der Waals surface area contributed by atoms with Gasteiger partial charge >= 0.3 is 0 Å². The number of methoxy groups -OCH3 is 1. The Morgan fingerprint density at radius 2 is 2.13 bits per heavy atom. The molecule has 0 aliphatic heterocycles. The zero-order valence-electron chi connectivity index (χ0n) is 9.16. The van der Waals surface area contributed by atoms with Crippen molar-refractivity contribution < 1.29 is 14.3 Å². The van der Waals surface area contributed by atoms with E-state index in [0.717, 1.165) is 0 Å². The summed E-state index contributed by atoms with van der Waals surface area (Å²) in [6, 6.07) is 7.23. The lowest BCUT2D eigenvalue weighted by Crippen LogP contribution is -2.05. The van der Waals surface area contributed by atoms with Gasteiger partial charge in [-0.25, -0.2) is 0 Å². The highest BCUT2D eigenvalue weighted by Gasteiger charge is 2.03. The Balaban J connectivity index is 2.62. The van der Waals surface area contributed by atoms with Crippen molar-refractivity contribution in [2.24, 2.45) is 0 Å². The summed E-state index contributed by atoms with van der Waals surface area (Å²) in [6.45, 7) is 2.90. The number of carbonyl (C=O) groups is 1. The summed E-state index contributed by atoms with van der Waals surface area (Å²) in [6.07, 6.45) is 0.515. The Morgan fingerprint density at radius 3 is 2.80 bits per heavy atom. The van der Waals surface area contributed by atoms with Crippen LogP contribution in [0.15, 0.2) is 24.3 Å². The fraction of sp³-hybridized carbons (Fsp3) is 0.417. The zero-order valence-corrected chi connectivity index (χ0v) is 9.16. The molecule has 1 aromatic carbocycles. The van der Waals surface area contributed by atoms with Crippen LogP contribution in [0, 0.1) is 0 Å². The molecule has 0 atom stereocenters. The molecule has 0 saturated heterocycles. The first-order chi connectivity index (χ1) is 7.27. The molecule has 15 heavy (non-hydrogen) atoms. The van der Waals surface area contributed by atoms with E-state index in [1.54, 1.807) is 19.2 Å². The fourth-order valence-corrected chi connectivity index (χ4v) is 1.21. The molecule has 0 aromatic heterocycles. The summed E-state index contributed by atoms with van der Waals surface area (Å²) < 4.78 is 10.3. The van der Waals surface area contributed by atoms with Crippen LogP contribution in [0.4, 0.5) is 0 Å². The number of benzene rings is 1. The third kappa shape index (κ3) is 3.72. The van der Waals surface area contributed by atoms with Gasteiger partial charge in [0.25, 0.3) is 0 Å². The van der Waals surface area contributed by atoms with Crippen LogP contribution in [0.1, 0.15) is 23.7 Å². The second-order valence-electron chi connectivity index (χ2n) is 3.15. The van der Waals surface area contributed by atoms with Crippen LogP contribution in [-0.2, 0) is 4.74 Å². The van der Waals surface area contributed by atoms with Gasteiger partial charge < -0.3 is 9.47 Å². The molecule has 0 heterocycles. The molecular formula is C12H16O3. The van der Waals surface area contributed by atoms with Gasteiger partial charge in [-0.3, -0.25) is 4.79 Å². The van der Waals surface area contributed by atoms with Crippen molar-refractivity contribution >= 4 is 5.78 Å². The summed E-state index contributed by atoms with van der Waals surface area (Å²) >= 11 is 0. The van der Waals surface area contributed by atoms with Gasteiger partial charge in [0.05, 0.1) is 6.61 Å². The smallest absolute Gasteiger partial charge is 0.162 e. The number of hydrogen-bond donors (Lipinski definition) is 0. The Hall–Kier alpha value is -1.35. The number of carbonyl (C=O) groups excluding carboxylic acids is 1. The number of Topliss-reactive ketones (excluding diaryl/α,β-unsaturated/α-hetero) is 1. The van der Waals surface area contributed by atoms with Crippen molar-refractivity contribution in [2.45, 2.75) is 13.3 Å². The van der Waals surface area contributed by atoms with Crippen molar-refractivity contribution in [3.63, 3.8) is 0 Å². The maximum absolute atomic E-state index is 11.4. The third-order valence-corrected chi connectivity index (χ3v) is 2.03. The Kier molecular flexibility index (Phi) is 4.84. The van der Waals surface area contributed by atoms with E-state index in [-0.39, 0.29) is 5.78 Å². The molecule has 0 amide bonds. The molecular weight excluding hydrogens is 192 g/mol. The average molecular weight is 208 g/mol. The molecule has 3 nitrogen and oxygen atoms in total. The van der Waals surface area contributed by atoms with Crippen LogP contribution < -0.4 is 4.74 Å². The number of hydrogen-bond acceptors (Lipinski definition) is 3. The molecule has 0 aliphatic carbocycles. The van der Waals surface area contributed by atoms with Crippen molar-refractivity contribution in [1.82, 2.24) is 0 Å². The largest absolute Gasteiger partial charge is 0.491 e. The van der Waals surface area contributed by atoms with E-state index in [9.17, 15) is 4.79 Å². The van der Waals surface area contributed by atoms with Gasteiger partial charge in [-0.1, -0.05) is 19.1 Å². The average Bonchev–Trinajstić information content (AvgIpc) is 2.29. The summed E-state index contributed by atoms with van der Waals surface area (Å²) in [5, 5.41) is 0. The van der Waals surface area contributed by atoms with Gasteiger partial charge in [0.1, 0.15) is 12.4 Å². The Morgan fingerprint density at radius 1 is 1.33 bits per heavy atom. The lowest BCUT2D eigenvalue weighted by atomic mass is 10.1. The highest BCUT2D eigenvalue weighted by atomic mass is 16.5. The van der Waals surface area contributed by atoms with Crippen molar-refractivity contribution in [2.75, 3.05) is 20.3 Å². The summed E-state index contributed by atoms with van der Waals surface area (Å²) in [5.41, 5.74) is 0.701. The van der Waals surface area contributed by atoms with E-state index in [0.29, 0.717) is 30.9 Å². The second-order valence-corrected chi connectivity index (χ2v) is 3.15. The predicted molar refractivity (Wildman–Crippen MR) is 58.4 cm³/mol. The third-order valence-electron chi connectivity index (χ3n) is 2.03. The van der Waals surface area contributed by atoms with E-state index in [1.807, 2.05) is 19.1 Å². The topological polar surface area (TPSA) is 35.5 Å². The lowest BCUT2D eigenvalue weighted by Gasteiger charge is -2.06. The van der Waals surface area contributed by atoms with Gasteiger partial charge in [0.15, 0.2) is 5.78 Å². The van der Waals surface area contributed by atoms with Gasteiger partial charge in [-0.15, -0.1) is 0 Å². The van der Waals surface area contributed by atoms with E-state index in [2.05, 4.69) is 0 Å². The Bertz CT molecular complexity index is 320. The van der Waals surface area contributed by atoms with Crippen LogP contribution in [-0.4, -0.2) is 26.1 Å². The van der Waals surface area contributed by atoms with Crippen LogP contribution in [0.25, 0.3) is 0 Å². The minimum absolute atomic E-state index is 0.132. The van der Waals surface area contributed by atoms with Crippen LogP contribution in [0.2, 0.25) is 0 Å². The highest BCUT2D eigenvalue weighted by Crippen LogP contribution is 2.14. The van der Waals surface area contributed by atoms with Gasteiger partial charge in [0.2, 0.25) is 0 Å². The number of rotatable bonds is 6. The fourth-order valence-electron chi connectivity index (χ4n) is 1.21. The van der Waals surface area contributed by atoms with Gasteiger partial charge in [-0.05, 0) is 12.1 Å². The summed E-state index contributed by atoms with van der Waals surface area (Å²) in [7, 11) is 1.63. The van der Waals surface area contributed by atoms with E-state index in [1.165, 1.54) is 0 Å². The molecule has 0 spiro atoms. The monoisotopic (exact) mass is 208 g/mol. The first-order valence-electron chi connectivity index (χ1n) is 5.03. The molecule has 0 N–H and O–H groups in total. The summed E-state index contributed by atoms with van der Waals surface area (Å²) in [5.74, 6) is 0.846. The molecule has 0 unspecified atom stereocenters. The van der Waals surface area contributed by atoms with Gasteiger partial charge in [-0.2, -0.15) is 0 Å². The highest BCUT2D eigenvalue weighted by molar-refractivity contribution is 5.96. The SMILES string of the molecule is CCC(=O)c1cccc(OCCOC)c1. The first kappa shape index (κ1) is 11.7. The lowest BCUT2D eigenvalue weighted by molar-refractivity contribution is 0.0987. The van der Waals surface area contributed by atoms with Crippen LogP contribution in [0.5, 0.6) is 5.75 Å². The summed E-state index contributed by atoms with van der Waals surface area (Å²) in [4.78, 5) is 11.4. The van der Waals surface area contributed by atoms with E-state index in [4.69, 9.17) is 9.47 Å². The molecule has 0 radical (unpaired) electrons. The minimum Gasteiger partial charge on any atom is -0.491 e. The van der Waals surface area contributed by atoms with Crippen molar-refractivity contribution in [1.29, 1.82) is 0 Å². The molecule has 0 bridgehead atoms. The van der Waals surface area contributed by atoms with E-state index >= 15 is 0 Å². The second kappa shape index (κ2) is 6.19. The molecule has 3 heteroatoms. The minimum atomic E-state index is 0.132. The number of ether oxygens (including phenoxy) is 2. The normalized spacial score (nSPS) is 10.0. The van der Waals surface area contributed by atoms with Crippen molar-refractivity contribution in [3.05, 3.63) is 29.8 Å². The van der Waals surface area contributed by atoms with E-state index < -0.39 is 0 Å². The molecule has 1 aromatic rings. The van der Waals surface area contributed by atoms with Crippen molar-refractivity contribution in [3.8, 4) is 5.75 Å². The first-order valence-corrected chi connectivity index (χ1v) is 5.03. The molecule has 0 saturated carbocycles. The van der Waals surface area contributed by atoms with Crippen LogP contribution in [0.3, 0.4) is 0 Å². The zero-order chi connectivity index (χ0) is 11.1. The number of ketones is 1. The molecule has 82 valence electrons. The molecule has 0 aliphatic rings. The standard InChI is InChI=1S/C12H16O3/c1-3-12(13)10-5-4-6-11(9-10)15-8-7-14-2/h4-6,9H,3,7-8H2,1-2H3. The maximum Gasteiger partial charge on any atom is 0.162 e. The quantitative estimate of drug-likeness (QED) is 0.531.